The maximum Gasteiger partial charge on any atom is 0.187 e. The lowest BCUT2D eigenvalue weighted by Gasteiger charge is -2.30. The topological polar surface area (TPSA) is 25.4 Å². The highest BCUT2D eigenvalue weighted by Gasteiger charge is 2.29. The number of aromatic nitrogens is 1. The highest BCUT2D eigenvalue weighted by molar-refractivity contribution is 6.71. The molecule has 0 bridgehead atoms. The molecule has 0 saturated carbocycles. The summed E-state index contributed by atoms with van der Waals surface area (Å²) in [4.78, 5) is 4.28. The van der Waals surface area contributed by atoms with E-state index in [2.05, 4.69) is 38.8 Å². The van der Waals surface area contributed by atoms with Gasteiger partial charge in [-0.3, -0.25) is 4.42 Å². The molecule has 3 nitrogen and oxygen atoms in total. The van der Waals surface area contributed by atoms with E-state index in [4.69, 9.17) is 16.2 Å². The maximum atomic E-state index is 6.20. The van der Waals surface area contributed by atoms with Gasteiger partial charge in [0, 0.05) is 30.6 Å². The standard InChI is InChI=1S/C14H25ClN2OSi/c1-14(2,3)11-19(5,6)18-10-12-8-7-9-16-13(12)17(4)15/h7-9H,10-11H2,1-6H3. The van der Waals surface area contributed by atoms with Crippen LogP contribution in [0.1, 0.15) is 26.3 Å². The van der Waals surface area contributed by atoms with Crippen LogP contribution in [-0.2, 0) is 11.0 Å². The minimum atomic E-state index is -1.67. The van der Waals surface area contributed by atoms with Crippen LogP contribution in [0.15, 0.2) is 18.3 Å². The Morgan fingerprint density at radius 3 is 2.53 bits per heavy atom. The Morgan fingerprint density at radius 2 is 2.00 bits per heavy atom. The number of halogens is 1. The van der Waals surface area contributed by atoms with Crippen LogP contribution in [0.4, 0.5) is 5.82 Å². The van der Waals surface area contributed by atoms with Gasteiger partial charge in [0.1, 0.15) is 5.82 Å². The van der Waals surface area contributed by atoms with Crippen molar-refractivity contribution in [3.63, 3.8) is 0 Å². The van der Waals surface area contributed by atoms with Gasteiger partial charge in [0.15, 0.2) is 8.32 Å². The van der Waals surface area contributed by atoms with Crippen LogP contribution >= 0.6 is 11.8 Å². The number of pyridine rings is 1. The van der Waals surface area contributed by atoms with E-state index < -0.39 is 8.32 Å². The van der Waals surface area contributed by atoms with Crippen LogP contribution in [0.25, 0.3) is 0 Å². The Balaban J connectivity index is 2.71. The summed E-state index contributed by atoms with van der Waals surface area (Å²) < 4.78 is 7.71. The van der Waals surface area contributed by atoms with Crippen LogP contribution in [-0.4, -0.2) is 20.3 Å². The van der Waals surface area contributed by atoms with E-state index in [1.54, 1.807) is 13.2 Å². The zero-order valence-electron chi connectivity index (χ0n) is 12.8. The summed E-state index contributed by atoms with van der Waals surface area (Å²) in [5.41, 5.74) is 1.34. The van der Waals surface area contributed by atoms with Gasteiger partial charge in [-0.2, -0.15) is 0 Å². The molecule has 1 aromatic heterocycles. The van der Waals surface area contributed by atoms with E-state index in [-0.39, 0.29) is 0 Å². The number of anilines is 1. The summed E-state index contributed by atoms with van der Waals surface area (Å²) in [6.45, 7) is 11.9. The number of hydrogen-bond acceptors (Lipinski definition) is 3. The summed E-state index contributed by atoms with van der Waals surface area (Å²) in [7, 11) is 0.114. The van der Waals surface area contributed by atoms with Crippen molar-refractivity contribution in [3.8, 4) is 0 Å². The molecule has 1 aromatic rings. The molecule has 5 heteroatoms. The van der Waals surface area contributed by atoms with Crippen LogP contribution in [0.2, 0.25) is 19.1 Å². The fourth-order valence-electron chi connectivity index (χ4n) is 2.42. The highest BCUT2D eigenvalue weighted by atomic mass is 35.5. The van der Waals surface area contributed by atoms with Crippen LogP contribution in [0.3, 0.4) is 0 Å². The number of hydrogen-bond donors (Lipinski definition) is 0. The normalized spacial score (nSPS) is 12.6. The summed E-state index contributed by atoms with van der Waals surface area (Å²) >= 11 is 5.99. The van der Waals surface area contributed by atoms with Gasteiger partial charge >= 0.3 is 0 Å². The largest absolute Gasteiger partial charge is 0.413 e. The molecule has 0 fully saturated rings. The van der Waals surface area contributed by atoms with Crippen molar-refractivity contribution in [2.75, 3.05) is 11.5 Å². The molecule has 0 unspecified atom stereocenters. The molecule has 19 heavy (non-hydrogen) atoms. The minimum absolute atomic E-state index is 0.302. The van der Waals surface area contributed by atoms with E-state index >= 15 is 0 Å². The highest BCUT2D eigenvalue weighted by Crippen LogP contribution is 2.29. The van der Waals surface area contributed by atoms with Crippen molar-refractivity contribution in [2.24, 2.45) is 5.41 Å². The van der Waals surface area contributed by atoms with Crippen molar-refractivity contribution >= 4 is 25.9 Å². The smallest absolute Gasteiger partial charge is 0.187 e. The zero-order valence-corrected chi connectivity index (χ0v) is 14.6. The van der Waals surface area contributed by atoms with Gasteiger partial charge in [0.2, 0.25) is 0 Å². The molecule has 0 radical (unpaired) electrons. The van der Waals surface area contributed by atoms with Gasteiger partial charge in [-0.1, -0.05) is 26.8 Å². The van der Waals surface area contributed by atoms with Crippen molar-refractivity contribution in [2.45, 2.75) is 46.5 Å². The first-order chi connectivity index (χ1) is 8.61. The first-order valence-electron chi connectivity index (χ1n) is 6.58. The van der Waals surface area contributed by atoms with E-state index in [9.17, 15) is 0 Å². The van der Waals surface area contributed by atoms with Crippen molar-refractivity contribution < 1.29 is 4.43 Å². The summed E-state index contributed by atoms with van der Waals surface area (Å²) in [5, 5.41) is 0. The second-order valence-electron chi connectivity index (χ2n) is 6.75. The lowest BCUT2D eigenvalue weighted by molar-refractivity contribution is 0.280. The second kappa shape index (κ2) is 6.24. The van der Waals surface area contributed by atoms with Crippen LogP contribution < -0.4 is 4.42 Å². The summed E-state index contributed by atoms with van der Waals surface area (Å²) in [6.07, 6.45) is 1.75. The molecule has 1 rings (SSSR count). The molecule has 0 aliphatic carbocycles. The molecule has 0 spiro atoms. The van der Waals surface area contributed by atoms with Crippen molar-refractivity contribution in [3.05, 3.63) is 23.9 Å². The average Bonchev–Trinajstić information content (AvgIpc) is 2.23. The predicted octanol–water partition coefficient (Wildman–Crippen LogP) is 4.44. The molecular formula is C14H25ClN2OSi. The zero-order chi connectivity index (χ0) is 14.7. The summed E-state index contributed by atoms with van der Waals surface area (Å²) in [5.74, 6) is 0.768. The monoisotopic (exact) mass is 300 g/mol. The Labute approximate surface area is 123 Å². The average molecular weight is 301 g/mol. The molecule has 108 valence electrons. The Hall–Kier alpha value is -0.583. The molecular weight excluding hydrogens is 276 g/mol. The van der Waals surface area contributed by atoms with Gasteiger partial charge in [-0.15, -0.1) is 0 Å². The Bertz CT molecular complexity index is 416. The Morgan fingerprint density at radius 1 is 1.37 bits per heavy atom. The van der Waals surface area contributed by atoms with Crippen LogP contribution in [0.5, 0.6) is 0 Å². The SMILES string of the molecule is CN(Cl)c1ncccc1CO[Si](C)(C)CC(C)(C)C. The summed E-state index contributed by atoms with van der Waals surface area (Å²) in [6, 6.07) is 5.07. The lowest BCUT2D eigenvalue weighted by Crippen LogP contribution is -2.34. The molecule has 0 N–H and O–H groups in total. The molecule has 0 atom stereocenters. The predicted molar refractivity (Wildman–Crippen MR) is 85.0 cm³/mol. The first kappa shape index (κ1) is 16.5. The number of nitrogens with zero attached hydrogens (tertiary/aromatic N) is 2. The fourth-order valence-corrected chi connectivity index (χ4v) is 5.78. The first-order valence-corrected chi connectivity index (χ1v) is 10.0. The third kappa shape index (κ3) is 5.93. The molecule has 0 aliphatic rings. The second-order valence-corrected chi connectivity index (χ2v) is 11.4. The third-order valence-corrected chi connectivity index (χ3v) is 5.73. The Kier molecular flexibility index (Phi) is 5.41. The third-order valence-electron chi connectivity index (χ3n) is 2.73. The van der Waals surface area contributed by atoms with Gasteiger partial charge in [0.05, 0.1) is 6.61 Å². The minimum Gasteiger partial charge on any atom is -0.413 e. The van der Waals surface area contributed by atoms with Gasteiger partial charge < -0.3 is 4.43 Å². The van der Waals surface area contributed by atoms with E-state index in [1.807, 2.05) is 12.1 Å². The van der Waals surface area contributed by atoms with E-state index in [0.29, 0.717) is 12.0 Å². The van der Waals surface area contributed by atoms with Crippen molar-refractivity contribution in [1.82, 2.24) is 4.98 Å². The van der Waals surface area contributed by atoms with Gasteiger partial charge in [-0.05, 0) is 30.6 Å². The molecule has 0 amide bonds. The molecule has 1 heterocycles. The maximum absolute atomic E-state index is 6.20. The van der Waals surface area contributed by atoms with Crippen molar-refractivity contribution in [1.29, 1.82) is 0 Å². The van der Waals surface area contributed by atoms with Crippen LogP contribution in [0, 0.1) is 5.41 Å². The quantitative estimate of drug-likeness (QED) is 0.594. The fraction of sp³-hybridized carbons (Fsp3) is 0.643. The van der Waals surface area contributed by atoms with E-state index in [1.165, 1.54) is 4.42 Å². The van der Waals surface area contributed by atoms with Gasteiger partial charge in [0.25, 0.3) is 0 Å². The molecule has 0 aliphatic heterocycles. The molecule has 0 aromatic carbocycles. The number of rotatable bonds is 5. The van der Waals surface area contributed by atoms with E-state index in [0.717, 1.165) is 17.4 Å². The van der Waals surface area contributed by atoms with Gasteiger partial charge in [-0.25, -0.2) is 4.98 Å². The molecule has 0 saturated heterocycles. The lowest BCUT2D eigenvalue weighted by atomic mass is 10.0.